The van der Waals surface area contributed by atoms with E-state index in [0.717, 1.165) is 17.0 Å². The van der Waals surface area contributed by atoms with Gasteiger partial charge in [0.15, 0.2) is 5.72 Å². The first-order valence-electron chi connectivity index (χ1n) is 7.38. The van der Waals surface area contributed by atoms with Gasteiger partial charge in [-0.1, -0.05) is 52.5 Å². The number of hydrogen-bond acceptors (Lipinski definition) is 3. The fourth-order valence-corrected chi connectivity index (χ4v) is 4.17. The molecule has 1 unspecified atom stereocenters. The van der Waals surface area contributed by atoms with E-state index in [-0.39, 0.29) is 0 Å². The fraction of sp³-hybridized carbons (Fsp3) is 0.235. The number of aliphatic imine (C=N–C) groups is 1. The van der Waals surface area contributed by atoms with Crippen molar-refractivity contribution >= 4 is 52.2 Å². The first-order valence-corrected chi connectivity index (χ1v) is 8.89. The highest BCUT2D eigenvalue weighted by atomic mass is 35.5. The highest BCUT2D eigenvalue weighted by Crippen LogP contribution is 2.45. The Labute approximate surface area is 159 Å². The Balaban J connectivity index is 1.85. The molecule has 2 aliphatic rings. The van der Waals surface area contributed by atoms with E-state index < -0.39 is 5.72 Å². The first-order chi connectivity index (χ1) is 11.4. The number of benzene rings is 2. The summed E-state index contributed by atoms with van der Waals surface area (Å²) in [6.45, 7) is 1.26. The van der Waals surface area contributed by atoms with Crippen molar-refractivity contribution < 1.29 is 5.11 Å². The van der Waals surface area contributed by atoms with Crippen LogP contribution < -0.4 is 0 Å². The topological polar surface area (TPSA) is 35.8 Å². The molecule has 0 aromatic heterocycles. The van der Waals surface area contributed by atoms with E-state index in [2.05, 4.69) is 4.99 Å². The Morgan fingerprint density at radius 3 is 2.54 bits per heavy atom. The summed E-state index contributed by atoms with van der Waals surface area (Å²) in [5.41, 5.74) is 1.04. The van der Waals surface area contributed by atoms with Crippen molar-refractivity contribution in [1.29, 1.82) is 0 Å². The molecule has 1 atom stereocenters. The lowest BCUT2D eigenvalue weighted by Gasteiger charge is -2.34. The lowest BCUT2D eigenvalue weighted by atomic mass is 9.94. The van der Waals surface area contributed by atoms with E-state index in [4.69, 9.17) is 46.4 Å². The van der Waals surface area contributed by atoms with Crippen LogP contribution in [-0.4, -0.2) is 28.9 Å². The molecule has 4 rings (SSSR count). The normalized spacial score (nSPS) is 21.7. The summed E-state index contributed by atoms with van der Waals surface area (Å²) in [5, 5.41) is 13.4. The molecule has 2 heterocycles. The summed E-state index contributed by atoms with van der Waals surface area (Å²) in [5.74, 6) is 0.746. The van der Waals surface area contributed by atoms with Crippen molar-refractivity contribution in [2.24, 2.45) is 4.99 Å². The molecule has 0 radical (unpaired) electrons. The lowest BCUT2D eigenvalue weighted by molar-refractivity contribution is -0.0637. The van der Waals surface area contributed by atoms with E-state index >= 15 is 0 Å². The summed E-state index contributed by atoms with van der Waals surface area (Å²) >= 11 is 24.6. The van der Waals surface area contributed by atoms with Gasteiger partial charge in [0, 0.05) is 34.1 Å². The Hall–Kier alpha value is -0.970. The number of rotatable bonds is 2. The van der Waals surface area contributed by atoms with Crippen molar-refractivity contribution in [1.82, 2.24) is 4.90 Å². The Morgan fingerprint density at radius 1 is 1.04 bits per heavy atom. The zero-order valence-electron chi connectivity index (χ0n) is 12.4. The maximum Gasteiger partial charge on any atom is 0.170 e. The Bertz CT molecular complexity index is 883. The minimum absolute atomic E-state index is 0.299. The van der Waals surface area contributed by atoms with Crippen LogP contribution in [-0.2, 0) is 12.1 Å². The molecule has 0 spiro atoms. The van der Waals surface area contributed by atoms with Crippen LogP contribution in [0.15, 0.2) is 35.3 Å². The lowest BCUT2D eigenvalue weighted by Crippen LogP contribution is -2.44. The third-order valence-corrected chi connectivity index (χ3v) is 5.78. The summed E-state index contributed by atoms with van der Waals surface area (Å²) in [6, 6.07) is 8.73. The number of nitrogens with zero attached hydrogens (tertiary/aromatic N) is 2. The Kier molecular flexibility index (Phi) is 3.98. The number of fused-ring (bicyclic) bond motifs is 3. The summed E-state index contributed by atoms with van der Waals surface area (Å²) < 4.78 is 0. The minimum atomic E-state index is -1.27. The minimum Gasteiger partial charge on any atom is -0.366 e. The average molecular weight is 402 g/mol. The first kappa shape index (κ1) is 16.5. The van der Waals surface area contributed by atoms with Gasteiger partial charge in [-0.15, -0.1) is 0 Å². The quantitative estimate of drug-likeness (QED) is 0.786. The van der Waals surface area contributed by atoms with E-state index in [1.165, 1.54) is 0 Å². The number of halogens is 4. The molecule has 124 valence electrons. The highest BCUT2D eigenvalue weighted by Gasteiger charge is 2.49. The molecule has 0 amide bonds. The average Bonchev–Trinajstić information content (AvgIpc) is 3.08. The van der Waals surface area contributed by atoms with Crippen LogP contribution in [0.2, 0.25) is 20.1 Å². The predicted octanol–water partition coefficient (Wildman–Crippen LogP) is 4.76. The van der Waals surface area contributed by atoms with Crippen LogP contribution >= 0.6 is 46.4 Å². The van der Waals surface area contributed by atoms with Crippen molar-refractivity contribution in [3.63, 3.8) is 0 Å². The second-order valence-corrected chi connectivity index (χ2v) is 7.56. The maximum absolute atomic E-state index is 11.5. The molecule has 7 heteroatoms. The van der Waals surface area contributed by atoms with E-state index in [1.54, 1.807) is 24.3 Å². The van der Waals surface area contributed by atoms with Crippen LogP contribution in [0.4, 0.5) is 0 Å². The van der Waals surface area contributed by atoms with Gasteiger partial charge in [-0.2, -0.15) is 0 Å². The third-order valence-electron chi connectivity index (χ3n) is 4.47. The molecule has 1 N–H and O–H groups in total. The number of aliphatic hydroxyl groups is 1. The van der Waals surface area contributed by atoms with Gasteiger partial charge in [-0.3, -0.25) is 4.99 Å². The summed E-state index contributed by atoms with van der Waals surface area (Å²) in [7, 11) is 0. The molecule has 2 aromatic rings. The van der Waals surface area contributed by atoms with Gasteiger partial charge < -0.3 is 10.0 Å². The number of hydrogen-bond donors (Lipinski definition) is 1. The van der Waals surface area contributed by atoms with E-state index in [1.807, 2.05) is 11.0 Å². The van der Waals surface area contributed by atoms with Crippen molar-refractivity contribution in [2.75, 3.05) is 13.1 Å². The third kappa shape index (κ3) is 2.42. The van der Waals surface area contributed by atoms with Crippen LogP contribution in [0.5, 0.6) is 0 Å². The van der Waals surface area contributed by atoms with Gasteiger partial charge in [0.05, 0.1) is 16.6 Å². The highest BCUT2D eigenvalue weighted by molar-refractivity contribution is 6.42. The fourth-order valence-electron chi connectivity index (χ4n) is 3.37. The van der Waals surface area contributed by atoms with Crippen LogP contribution in [0.3, 0.4) is 0 Å². The van der Waals surface area contributed by atoms with Gasteiger partial charge in [0.1, 0.15) is 5.84 Å². The van der Waals surface area contributed by atoms with Crippen molar-refractivity contribution in [3.05, 3.63) is 67.1 Å². The molecule has 0 bridgehead atoms. The smallest absolute Gasteiger partial charge is 0.170 e. The second-order valence-electron chi connectivity index (χ2n) is 5.90. The molecule has 0 aliphatic carbocycles. The van der Waals surface area contributed by atoms with Crippen LogP contribution in [0.1, 0.15) is 16.7 Å². The molecule has 0 fully saturated rings. The van der Waals surface area contributed by atoms with Gasteiger partial charge in [0.2, 0.25) is 0 Å². The van der Waals surface area contributed by atoms with Crippen LogP contribution in [0, 0.1) is 0 Å². The standard InChI is InChI=1S/C17H12Cl4N2O/c18-10-2-1-9(13(19)5-10)8-17(24)12-7-15(21)14(20)6-11(12)16-22-3-4-23(16)17/h1-2,5-7,24H,3-4,8H2. The van der Waals surface area contributed by atoms with E-state index in [9.17, 15) is 5.11 Å². The van der Waals surface area contributed by atoms with Gasteiger partial charge in [-0.05, 0) is 29.8 Å². The molecular formula is C17H12Cl4N2O. The molecular weight excluding hydrogens is 390 g/mol. The van der Waals surface area contributed by atoms with Crippen LogP contribution in [0.25, 0.3) is 0 Å². The zero-order chi connectivity index (χ0) is 17.1. The SMILES string of the molecule is OC1(Cc2ccc(Cl)cc2Cl)c2cc(Cl)c(Cl)cc2C2=NCCN21. The monoisotopic (exact) mass is 400 g/mol. The summed E-state index contributed by atoms with van der Waals surface area (Å²) in [4.78, 5) is 6.39. The molecule has 2 aromatic carbocycles. The van der Waals surface area contributed by atoms with E-state index in [0.29, 0.717) is 45.2 Å². The van der Waals surface area contributed by atoms with Crippen molar-refractivity contribution in [3.8, 4) is 0 Å². The predicted molar refractivity (Wildman–Crippen MR) is 98.6 cm³/mol. The number of amidine groups is 1. The molecule has 24 heavy (non-hydrogen) atoms. The van der Waals surface area contributed by atoms with Gasteiger partial charge in [-0.25, -0.2) is 0 Å². The maximum atomic E-state index is 11.5. The molecule has 3 nitrogen and oxygen atoms in total. The Morgan fingerprint density at radius 2 is 1.79 bits per heavy atom. The van der Waals surface area contributed by atoms with Gasteiger partial charge >= 0.3 is 0 Å². The zero-order valence-corrected chi connectivity index (χ0v) is 15.4. The molecule has 2 aliphatic heterocycles. The second kappa shape index (κ2) is 5.79. The largest absolute Gasteiger partial charge is 0.366 e. The van der Waals surface area contributed by atoms with Crippen molar-refractivity contribution in [2.45, 2.75) is 12.1 Å². The summed E-state index contributed by atoms with van der Waals surface area (Å²) in [6.07, 6.45) is 0.299. The molecule has 0 saturated carbocycles. The van der Waals surface area contributed by atoms with Gasteiger partial charge in [0.25, 0.3) is 0 Å². The molecule has 0 saturated heterocycles.